The second-order valence-electron chi connectivity index (χ2n) is 6.71. The first-order chi connectivity index (χ1) is 10.6. The molecule has 0 N–H and O–H groups in total. The molecule has 1 fully saturated rings. The lowest BCUT2D eigenvalue weighted by Gasteiger charge is -2.28. The molecule has 0 aromatic heterocycles. The summed E-state index contributed by atoms with van der Waals surface area (Å²) in [6.07, 6.45) is 1.03. The Labute approximate surface area is 146 Å². The molecule has 1 atom stereocenters. The van der Waals surface area contributed by atoms with Crippen molar-refractivity contribution in [3.05, 3.63) is 28.7 Å². The number of sulfone groups is 1. The molecule has 5 nitrogen and oxygen atoms in total. The van der Waals surface area contributed by atoms with Crippen LogP contribution in [0, 0.1) is 0 Å². The number of hydrogen-bond acceptors (Lipinski definition) is 4. The number of halogens is 1. The summed E-state index contributed by atoms with van der Waals surface area (Å²) in [5, 5.41) is 0. The minimum atomic E-state index is -3.44. The standard InChI is InChI=1S/C16H22BrNO4S/c1-16(2,3)22-15(19)18-10-4-5-13(18)11-23(20,21)14-8-6-12(17)7-9-14/h6-9,13H,4-5,10-11H2,1-3H3. The number of hydrogen-bond donors (Lipinski definition) is 0. The molecule has 0 spiro atoms. The van der Waals surface area contributed by atoms with Gasteiger partial charge >= 0.3 is 6.09 Å². The molecule has 1 aromatic rings. The molecule has 0 bridgehead atoms. The minimum Gasteiger partial charge on any atom is -0.444 e. The van der Waals surface area contributed by atoms with Gasteiger partial charge in [0, 0.05) is 17.1 Å². The molecular formula is C16H22BrNO4S. The van der Waals surface area contributed by atoms with E-state index in [4.69, 9.17) is 4.74 Å². The van der Waals surface area contributed by atoms with Crippen molar-refractivity contribution in [2.24, 2.45) is 0 Å². The van der Waals surface area contributed by atoms with Crippen LogP contribution in [0.25, 0.3) is 0 Å². The van der Waals surface area contributed by atoms with Crippen molar-refractivity contribution in [3.8, 4) is 0 Å². The first kappa shape index (κ1) is 18.3. The van der Waals surface area contributed by atoms with Crippen LogP contribution in [0.2, 0.25) is 0 Å². The van der Waals surface area contributed by atoms with Gasteiger partial charge in [-0.25, -0.2) is 13.2 Å². The van der Waals surface area contributed by atoms with Crippen LogP contribution >= 0.6 is 15.9 Å². The van der Waals surface area contributed by atoms with Crippen LogP contribution in [0.5, 0.6) is 0 Å². The lowest BCUT2D eigenvalue weighted by atomic mass is 10.2. The highest BCUT2D eigenvalue weighted by atomic mass is 79.9. The van der Waals surface area contributed by atoms with E-state index in [1.165, 1.54) is 0 Å². The summed E-state index contributed by atoms with van der Waals surface area (Å²) in [5.41, 5.74) is -0.588. The van der Waals surface area contributed by atoms with Gasteiger partial charge < -0.3 is 9.64 Å². The number of rotatable bonds is 3. The van der Waals surface area contributed by atoms with E-state index in [-0.39, 0.29) is 16.7 Å². The Morgan fingerprint density at radius 1 is 1.30 bits per heavy atom. The lowest BCUT2D eigenvalue weighted by Crippen LogP contribution is -2.42. The van der Waals surface area contributed by atoms with Crippen molar-refractivity contribution < 1.29 is 17.9 Å². The summed E-state index contributed by atoms with van der Waals surface area (Å²) >= 11 is 3.29. The van der Waals surface area contributed by atoms with Gasteiger partial charge in [-0.15, -0.1) is 0 Å². The Kier molecular flexibility index (Phi) is 5.41. The molecule has 1 unspecified atom stereocenters. The number of likely N-dealkylation sites (tertiary alicyclic amines) is 1. The Balaban J connectivity index is 2.11. The molecule has 1 amide bonds. The zero-order valence-electron chi connectivity index (χ0n) is 13.6. The van der Waals surface area contributed by atoms with Gasteiger partial charge in [0.2, 0.25) is 0 Å². The molecule has 1 saturated heterocycles. The molecular weight excluding hydrogens is 382 g/mol. The summed E-state index contributed by atoms with van der Waals surface area (Å²) in [6, 6.07) is 6.22. The molecule has 0 aliphatic carbocycles. The SMILES string of the molecule is CC(C)(C)OC(=O)N1CCCC1CS(=O)(=O)c1ccc(Br)cc1. The molecule has 0 radical (unpaired) electrons. The van der Waals surface area contributed by atoms with E-state index >= 15 is 0 Å². The van der Waals surface area contributed by atoms with E-state index in [1.807, 2.05) is 0 Å². The lowest BCUT2D eigenvalue weighted by molar-refractivity contribution is 0.0241. The maximum Gasteiger partial charge on any atom is 0.410 e. The topological polar surface area (TPSA) is 63.7 Å². The van der Waals surface area contributed by atoms with Gasteiger partial charge in [0.25, 0.3) is 0 Å². The zero-order valence-corrected chi connectivity index (χ0v) is 16.0. The Hall–Kier alpha value is -1.08. The number of benzene rings is 1. The molecule has 0 saturated carbocycles. The third-order valence-corrected chi connectivity index (χ3v) is 5.93. The third kappa shape index (κ3) is 4.94. The number of nitrogens with zero attached hydrogens (tertiary/aromatic N) is 1. The fraction of sp³-hybridized carbons (Fsp3) is 0.562. The van der Waals surface area contributed by atoms with Gasteiger partial charge in [-0.3, -0.25) is 0 Å². The molecule has 1 aliphatic heterocycles. The number of carbonyl (C=O) groups is 1. The maximum absolute atomic E-state index is 12.6. The highest BCUT2D eigenvalue weighted by Gasteiger charge is 2.35. The summed E-state index contributed by atoms with van der Waals surface area (Å²) < 4.78 is 31.3. The first-order valence-electron chi connectivity index (χ1n) is 7.56. The Morgan fingerprint density at radius 3 is 2.48 bits per heavy atom. The van der Waals surface area contributed by atoms with Crippen LogP contribution in [0.15, 0.2) is 33.6 Å². The molecule has 128 valence electrons. The fourth-order valence-electron chi connectivity index (χ4n) is 2.56. The van der Waals surface area contributed by atoms with Gasteiger partial charge in [0.1, 0.15) is 5.60 Å². The van der Waals surface area contributed by atoms with Crippen LogP contribution in [0.1, 0.15) is 33.6 Å². The second kappa shape index (κ2) is 6.81. The molecule has 23 heavy (non-hydrogen) atoms. The molecule has 1 aromatic carbocycles. The minimum absolute atomic E-state index is 0.0755. The van der Waals surface area contributed by atoms with E-state index < -0.39 is 21.5 Å². The second-order valence-corrected chi connectivity index (χ2v) is 9.66. The van der Waals surface area contributed by atoms with E-state index in [2.05, 4.69) is 15.9 Å². The summed E-state index contributed by atoms with van der Waals surface area (Å²) in [5.74, 6) is -0.0755. The van der Waals surface area contributed by atoms with Crippen molar-refractivity contribution >= 4 is 31.9 Å². The smallest absolute Gasteiger partial charge is 0.410 e. The van der Waals surface area contributed by atoms with Gasteiger partial charge in [0.05, 0.1) is 10.6 Å². The maximum atomic E-state index is 12.6. The normalized spacial score (nSPS) is 19.0. The van der Waals surface area contributed by atoms with Gasteiger partial charge in [-0.2, -0.15) is 0 Å². The van der Waals surface area contributed by atoms with E-state index in [0.717, 1.165) is 10.9 Å². The molecule has 1 heterocycles. The molecule has 1 aliphatic rings. The van der Waals surface area contributed by atoms with Crippen LogP contribution < -0.4 is 0 Å². The predicted molar refractivity (Wildman–Crippen MR) is 92.2 cm³/mol. The summed E-state index contributed by atoms with van der Waals surface area (Å²) in [7, 11) is -3.44. The zero-order chi connectivity index (χ0) is 17.3. The van der Waals surface area contributed by atoms with Gasteiger partial charge in [0.15, 0.2) is 9.84 Å². The highest BCUT2D eigenvalue weighted by Crippen LogP contribution is 2.25. The number of carbonyl (C=O) groups excluding carboxylic acids is 1. The van der Waals surface area contributed by atoms with Crippen LogP contribution in [0.3, 0.4) is 0 Å². The average Bonchev–Trinajstić information content (AvgIpc) is 2.84. The van der Waals surface area contributed by atoms with E-state index in [0.29, 0.717) is 13.0 Å². The van der Waals surface area contributed by atoms with Crippen molar-refractivity contribution in [2.45, 2.75) is 50.2 Å². The summed E-state index contributed by atoms with van der Waals surface area (Å²) in [4.78, 5) is 14.1. The summed E-state index contributed by atoms with van der Waals surface area (Å²) in [6.45, 7) is 5.94. The van der Waals surface area contributed by atoms with Crippen LogP contribution in [0.4, 0.5) is 4.79 Å². The third-order valence-electron chi connectivity index (χ3n) is 3.59. The first-order valence-corrected chi connectivity index (χ1v) is 10.0. The van der Waals surface area contributed by atoms with Crippen molar-refractivity contribution in [3.63, 3.8) is 0 Å². The Bertz CT molecular complexity index is 664. The van der Waals surface area contributed by atoms with Gasteiger partial charge in [-0.1, -0.05) is 15.9 Å². The quantitative estimate of drug-likeness (QED) is 0.772. The largest absolute Gasteiger partial charge is 0.444 e. The highest BCUT2D eigenvalue weighted by molar-refractivity contribution is 9.10. The van der Waals surface area contributed by atoms with E-state index in [9.17, 15) is 13.2 Å². The molecule has 7 heteroatoms. The van der Waals surface area contributed by atoms with Crippen molar-refractivity contribution in [1.29, 1.82) is 0 Å². The van der Waals surface area contributed by atoms with Crippen LogP contribution in [-0.2, 0) is 14.6 Å². The number of ether oxygens (including phenoxy) is 1. The predicted octanol–water partition coefficient (Wildman–Crippen LogP) is 3.62. The van der Waals surface area contributed by atoms with Crippen molar-refractivity contribution in [2.75, 3.05) is 12.3 Å². The Morgan fingerprint density at radius 2 is 1.91 bits per heavy atom. The van der Waals surface area contributed by atoms with E-state index in [1.54, 1.807) is 49.9 Å². The van der Waals surface area contributed by atoms with Crippen LogP contribution in [-0.4, -0.2) is 43.4 Å². The molecule has 2 rings (SSSR count). The van der Waals surface area contributed by atoms with Crippen molar-refractivity contribution in [1.82, 2.24) is 4.90 Å². The van der Waals surface area contributed by atoms with Gasteiger partial charge in [-0.05, 0) is 57.9 Å². The number of amides is 1. The average molecular weight is 404 g/mol. The fourth-order valence-corrected chi connectivity index (χ4v) is 4.42. The monoisotopic (exact) mass is 403 g/mol.